The standard InChI is InChI=1S/C20H33N5O/c1-22(2)13-14-24-16-20(6-5-19(24)26)7-10-23(11-8-20)15-18-21-9-12-25(18)17-3-4-17/h9,12,17H,3-8,10-11,13-16H2,1-2H3. The molecule has 144 valence electrons. The molecule has 1 spiro atoms. The van der Waals surface area contributed by atoms with Gasteiger partial charge in [0.1, 0.15) is 5.82 Å². The summed E-state index contributed by atoms with van der Waals surface area (Å²) in [6, 6.07) is 0.707. The van der Waals surface area contributed by atoms with Gasteiger partial charge in [0.15, 0.2) is 0 Å². The Hall–Kier alpha value is -1.40. The number of carbonyl (C=O) groups excluding carboxylic acids is 1. The molecule has 1 aromatic rings. The minimum absolute atomic E-state index is 0.350. The van der Waals surface area contributed by atoms with Gasteiger partial charge in [-0.3, -0.25) is 9.69 Å². The highest BCUT2D eigenvalue weighted by Crippen LogP contribution is 2.41. The van der Waals surface area contributed by atoms with E-state index in [0.717, 1.165) is 52.1 Å². The third kappa shape index (κ3) is 3.96. The Morgan fingerprint density at radius 1 is 1.23 bits per heavy atom. The molecule has 1 aliphatic carbocycles. The average molecular weight is 360 g/mol. The molecule has 6 nitrogen and oxygen atoms in total. The van der Waals surface area contributed by atoms with Gasteiger partial charge in [0, 0.05) is 44.5 Å². The van der Waals surface area contributed by atoms with Gasteiger partial charge in [0.05, 0.1) is 6.54 Å². The summed E-state index contributed by atoms with van der Waals surface area (Å²) < 4.78 is 2.38. The summed E-state index contributed by atoms with van der Waals surface area (Å²) in [4.78, 5) is 23.8. The second-order valence-corrected chi connectivity index (χ2v) is 8.88. The molecule has 4 rings (SSSR count). The van der Waals surface area contributed by atoms with Crippen LogP contribution in [0.4, 0.5) is 0 Å². The summed E-state index contributed by atoms with van der Waals surface area (Å²) in [5.41, 5.74) is 0.350. The lowest BCUT2D eigenvalue weighted by Crippen LogP contribution is -2.52. The van der Waals surface area contributed by atoms with E-state index in [-0.39, 0.29) is 0 Å². The second-order valence-electron chi connectivity index (χ2n) is 8.88. The second kappa shape index (κ2) is 7.31. The van der Waals surface area contributed by atoms with Crippen molar-refractivity contribution >= 4 is 5.91 Å². The Balaban J connectivity index is 1.32. The number of nitrogens with zero attached hydrogens (tertiary/aromatic N) is 5. The normalized spacial score (nSPS) is 24.0. The Morgan fingerprint density at radius 3 is 2.69 bits per heavy atom. The van der Waals surface area contributed by atoms with E-state index in [1.54, 1.807) is 0 Å². The fourth-order valence-corrected chi connectivity index (χ4v) is 4.57. The largest absolute Gasteiger partial charge is 0.341 e. The smallest absolute Gasteiger partial charge is 0.222 e. The van der Waals surface area contributed by atoms with Crippen LogP contribution < -0.4 is 0 Å². The lowest BCUT2D eigenvalue weighted by molar-refractivity contribution is -0.139. The van der Waals surface area contributed by atoms with Crippen molar-refractivity contribution in [1.82, 2.24) is 24.3 Å². The first-order chi connectivity index (χ1) is 12.5. The topological polar surface area (TPSA) is 44.6 Å². The van der Waals surface area contributed by atoms with Crippen molar-refractivity contribution < 1.29 is 4.79 Å². The first kappa shape index (κ1) is 18.0. The van der Waals surface area contributed by atoms with E-state index in [2.05, 4.69) is 44.5 Å². The zero-order chi connectivity index (χ0) is 18.1. The van der Waals surface area contributed by atoms with Gasteiger partial charge >= 0.3 is 0 Å². The van der Waals surface area contributed by atoms with Crippen LogP contribution in [-0.2, 0) is 11.3 Å². The van der Waals surface area contributed by atoms with Crippen LogP contribution >= 0.6 is 0 Å². The van der Waals surface area contributed by atoms with Crippen LogP contribution in [0.5, 0.6) is 0 Å². The Bertz CT molecular complexity index is 628. The van der Waals surface area contributed by atoms with E-state index in [1.807, 2.05) is 6.20 Å². The van der Waals surface area contributed by atoms with Crippen LogP contribution in [0, 0.1) is 5.41 Å². The Morgan fingerprint density at radius 2 is 2.00 bits per heavy atom. The van der Waals surface area contributed by atoms with Crippen LogP contribution in [-0.4, -0.2) is 77.0 Å². The Labute approximate surface area is 157 Å². The fourth-order valence-electron chi connectivity index (χ4n) is 4.57. The average Bonchev–Trinajstić information content (AvgIpc) is 3.37. The van der Waals surface area contributed by atoms with Gasteiger partial charge in [0.2, 0.25) is 5.91 Å². The number of likely N-dealkylation sites (N-methyl/N-ethyl adjacent to an activating group) is 1. The predicted molar refractivity (Wildman–Crippen MR) is 102 cm³/mol. The lowest BCUT2D eigenvalue weighted by Gasteiger charge is -2.47. The molecule has 0 radical (unpaired) electrons. The summed E-state index contributed by atoms with van der Waals surface area (Å²) in [5, 5.41) is 0. The molecule has 0 N–H and O–H groups in total. The number of carbonyl (C=O) groups is 1. The third-order valence-electron chi connectivity index (χ3n) is 6.54. The molecule has 0 unspecified atom stereocenters. The highest BCUT2D eigenvalue weighted by molar-refractivity contribution is 5.77. The molecule has 0 aromatic carbocycles. The quantitative estimate of drug-likeness (QED) is 0.779. The van der Waals surface area contributed by atoms with E-state index < -0.39 is 0 Å². The number of likely N-dealkylation sites (tertiary alicyclic amines) is 2. The van der Waals surface area contributed by atoms with Crippen molar-refractivity contribution in [2.75, 3.05) is 46.8 Å². The number of piperidine rings is 2. The Kier molecular flexibility index (Phi) is 5.06. The summed E-state index contributed by atoms with van der Waals surface area (Å²) >= 11 is 0. The molecule has 1 saturated carbocycles. The van der Waals surface area contributed by atoms with Gasteiger partial charge in [-0.1, -0.05) is 0 Å². The number of amides is 1. The predicted octanol–water partition coefficient (Wildman–Crippen LogP) is 1.98. The zero-order valence-corrected chi connectivity index (χ0v) is 16.4. The van der Waals surface area contributed by atoms with Crippen LogP contribution in [0.25, 0.3) is 0 Å². The molecule has 6 heteroatoms. The molecule has 0 bridgehead atoms. The van der Waals surface area contributed by atoms with Crippen molar-refractivity contribution in [3.8, 4) is 0 Å². The van der Waals surface area contributed by atoms with Crippen molar-refractivity contribution in [2.45, 2.75) is 51.1 Å². The van der Waals surface area contributed by atoms with Gasteiger partial charge in [0.25, 0.3) is 0 Å². The van der Waals surface area contributed by atoms with Crippen molar-refractivity contribution in [1.29, 1.82) is 0 Å². The molecular weight excluding hydrogens is 326 g/mol. The molecule has 1 aromatic heterocycles. The van der Waals surface area contributed by atoms with Gasteiger partial charge < -0.3 is 14.4 Å². The van der Waals surface area contributed by atoms with E-state index in [0.29, 0.717) is 17.4 Å². The number of rotatable bonds is 6. The molecule has 0 atom stereocenters. The third-order valence-corrected chi connectivity index (χ3v) is 6.54. The van der Waals surface area contributed by atoms with Crippen LogP contribution in [0.3, 0.4) is 0 Å². The van der Waals surface area contributed by atoms with Gasteiger partial charge in [-0.15, -0.1) is 0 Å². The van der Waals surface area contributed by atoms with Gasteiger partial charge in [-0.2, -0.15) is 0 Å². The summed E-state index contributed by atoms with van der Waals surface area (Å²) in [6.07, 6.45) is 11.0. The molecule has 3 aliphatic rings. The van der Waals surface area contributed by atoms with Crippen molar-refractivity contribution in [3.63, 3.8) is 0 Å². The number of hydrogen-bond acceptors (Lipinski definition) is 4. The van der Waals surface area contributed by atoms with E-state index in [1.165, 1.54) is 31.5 Å². The molecule has 2 saturated heterocycles. The maximum atomic E-state index is 12.3. The van der Waals surface area contributed by atoms with Crippen LogP contribution in [0.1, 0.15) is 50.4 Å². The molecular formula is C20H33N5O. The highest BCUT2D eigenvalue weighted by atomic mass is 16.2. The van der Waals surface area contributed by atoms with Crippen molar-refractivity contribution in [3.05, 3.63) is 18.2 Å². The summed E-state index contributed by atoms with van der Waals surface area (Å²) in [6.45, 7) is 6.03. The number of imidazole rings is 1. The van der Waals surface area contributed by atoms with Crippen LogP contribution in [0.2, 0.25) is 0 Å². The maximum absolute atomic E-state index is 12.3. The van der Waals surface area contributed by atoms with Gasteiger partial charge in [-0.25, -0.2) is 4.98 Å². The first-order valence-corrected chi connectivity index (χ1v) is 10.2. The van der Waals surface area contributed by atoms with Gasteiger partial charge in [-0.05, 0) is 64.7 Å². The minimum Gasteiger partial charge on any atom is -0.341 e. The van der Waals surface area contributed by atoms with E-state index in [4.69, 9.17) is 0 Å². The summed E-state index contributed by atoms with van der Waals surface area (Å²) in [5.74, 6) is 1.58. The van der Waals surface area contributed by atoms with E-state index in [9.17, 15) is 4.79 Å². The number of hydrogen-bond donors (Lipinski definition) is 0. The lowest BCUT2D eigenvalue weighted by atomic mass is 9.72. The highest BCUT2D eigenvalue weighted by Gasteiger charge is 2.41. The molecule has 3 heterocycles. The SMILES string of the molecule is CN(C)CCN1CC2(CCC1=O)CCN(Cc1nccn1C1CC1)CC2. The first-order valence-electron chi connectivity index (χ1n) is 10.2. The van der Waals surface area contributed by atoms with Crippen LogP contribution in [0.15, 0.2) is 12.4 Å². The molecule has 2 aliphatic heterocycles. The zero-order valence-electron chi connectivity index (χ0n) is 16.4. The number of aromatic nitrogens is 2. The minimum atomic E-state index is 0.350. The molecule has 3 fully saturated rings. The van der Waals surface area contributed by atoms with Crippen molar-refractivity contribution in [2.24, 2.45) is 5.41 Å². The fraction of sp³-hybridized carbons (Fsp3) is 0.800. The maximum Gasteiger partial charge on any atom is 0.222 e. The summed E-state index contributed by atoms with van der Waals surface area (Å²) in [7, 11) is 4.16. The molecule has 1 amide bonds. The molecule has 26 heavy (non-hydrogen) atoms. The van der Waals surface area contributed by atoms with E-state index >= 15 is 0 Å². The monoisotopic (exact) mass is 359 g/mol.